The first-order chi connectivity index (χ1) is 14.1. The lowest BCUT2D eigenvalue weighted by Crippen LogP contribution is -2.47. The molecule has 1 aliphatic heterocycles. The second-order valence-corrected chi connectivity index (χ2v) is 7.18. The van der Waals surface area contributed by atoms with Crippen LogP contribution in [0, 0.1) is 10.1 Å². The van der Waals surface area contributed by atoms with Gasteiger partial charge in [-0.1, -0.05) is 11.6 Å². The lowest BCUT2D eigenvalue weighted by molar-refractivity contribution is -0.383. The normalized spacial score (nSPS) is 14.6. The Hall–Kier alpha value is -2.55. The molecule has 8 nitrogen and oxygen atoms in total. The van der Waals surface area contributed by atoms with Crippen molar-refractivity contribution in [2.75, 3.05) is 62.7 Å². The lowest BCUT2D eigenvalue weighted by Gasteiger charge is -2.35. The molecule has 9 heteroatoms. The molecule has 0 radical (unpaired) electrons. The van der Waals surface area contributed by atoms with Crippen molar-refractivity contribution in [3.63, 3.8) is 0 Å². The van der Waals surface area contributed by atoms with Crippen molar-refractivity contribution in [3.8, 4) is 5.75 Å². The van der Waals surface area contributed by atoms with Crippen LogP contribution in [0.1, 0.15) is 0 Å². The lowest BCUT2D eigenvalue weighted by atomic mass is 10.2. The maximum absolute atomic E-state index is 11.4. The summed E-state index contributed by atoms with van der Waals surface area (Å²) in [5.74, 6) is 0.695. The van der Waals surface area contributed by atoms with Gasteiger partial charge in [-0.25, -0.2) is 0 Å². The fourth-order valence-electron chi connectivity index (χ4n) is 3.28. The van der Waals surface area contributed by atoms with E-state index in [0.29, 0.717) is 36.2 Å². The number of nitro benzene ring substituents is 1. The van der Waals surface area contributed by atoms with Crippen LogP contribution >= 0.6 is 11.6 Å². The Balaban J connectivity index is 1.59. The summed E-state index contributed by atoms with van der Waals surface area (Å²) in [6.45, 7) is 4.97. The third-order valence-corrected chi connectivity index (χ3v) is 5.08. The predicted molar refractivity (Wildman–Crippen MR) is 114 cm³/mol. The number of rotatable bonds is 9. The minimum absolute atomic E-state index is 0.0409. The van der Waals surface area contributed by atoms with Crippen molar-refractivity contribution >= 4 is 28.7 Å². The number of halogens is 1. The highest BCUT2D eigenvalue weighted by Crippen LogP contribution is 2.30. The second kappa shape index (κ2) is 10.3. The van der Waals surface area contributed by atoms with Crippen molar-refractivity contribution in [2.45, 2.75) is 0 Å². The number of nitrogens with zero attached hydrogens (tertiary/aromatic N) is 3. The van der Waals surface area contributed by atoms with Gasteiger partial charge in [-0.05, 0) is 36.4 Å². The Morgan fingerprint density at radius 1 is 1.14 bits per heavy atom. The van der Waals surface area contributed by atoms with Crippen molar-refractivity contribution in [2.24, 2.45) is 0 Å². The van der Waals surface area contributed by atoms with E-state index in [4.69, 9.17) is 21.4 Å². The number of aliphatic hydroxyl groups is 1. The molecule has 2 N–H and O–H groups in total. The maximum atomic E-state index is 11.4. The molecule has 0 bridgehead atoms. The van der Waals surface area contributed by atoms with Gasteiger partial charge in [-0.3, -0.25) is 15.0 Å². The fraction of sp³-hybridized carbons (Fsp3) is 0.400. The molecule has 29 heavy (non-hydrogen) atoms. The monoisotopic (exact) mass is 420 g/mol. The number of hydrogen-bond donors (Lipinski definition) is 2. The first-order valence-electron chi connectivity index (χ1n) is 9.55. The largest absolute Gasteiger partial charge is 0.492 e. The number of hydrogen-bond acceptors (Lipinski definition) is 7. The molecule has 156 valence electrons. The van der Waals surface area contributed by atoms with E-state index >= 15 is 0 Å². The van der Waals surface area contributed by atoms with Gasteiger partial charge in [0, 0.05) is 56.0 Å². The summed E-state index contributed by atoms with van der Waals surface area (Å²) in [6, 6.07) is 12.2. The summed E-state index contributed by atoms with van der Waals surface area (Å²) in [6.07, 6.45) is 0. The highest BCUT2D eigenvalue weighted by molar-refractivity contribution is 6.30. The summed E-state index contributed by atoms with van der Waals surface area (Å²) in [5.41, 5.74) is 1.46. The van der Waals surface area contributed by atoms with Gasteiger partial charge in [0.1, 0.15) is 18.0 Å². The van der Waals surface area contributed by atoms with Crippen molar-refractivity contribution in [3.05, 3.63) is 57.6 Å². The van der Waals surface area contributed by atoms with Gasteiger partial charge in [-0.15, -0.1) is 0 Å². The summed E-state index contributed by atoms with van der Waals surface area (Å²) in [5, 5.41) is 24.2. The zero-order chi connectivity index (χ0) is 20.6. The molecule has 0 spiro atoms. The molecule has 0 aliphatic carbocycles. The van der Waals surface area contributed by atoms with E-state index in [1.807, 2.05) is 6.07 Å². The minimum Gasteiger partial charge on any atom is -0.492 e. The number of aliphatic hydroxyl groups excluding tert-OH is 1. The van der Waals surface area contributed by atoms with Gasteiger partial charge in [-0.2, -0.15) is 0 Å². The highest BCUT2D eigenvalue weighted by Gasteiger charge is 2.20. The van der Waals surface area contributed by atoms with Crippen LogP contribution in [0.2, 0.25) is 5.02 Å². The van der Waals surface area contributed by atoms with Crippen molar-refractivity contribution < 1.29 is 14.8 Å². The molecule has 1 aliphatic rings. The molecule has 2 aromatic carbocycles. The van der Waals surface area contributed by atoms with E-state index in [-0.39, 0.29) is 17.2 Å². The van der Waals surface area contributed by atoms with E-state index in [1.165, 1.54) is 6.07 Å². The molecule has 0 amide bonds. The van der Waals surface area contributed by atoms with Gasteiger partial charge < -0.3 is 20.1 Å². The minimum atomic E-state index is -0.384. The van der Waals surface area contributed by atoms with Crippen LogP contribution in [-0.4, -0.2) is 67.4 Å². The molecule has 1 saturated heterocycles. The summed E-state index contributed by atoms with van der Waals surface area (Å²) < 4.78 is 5.64. The first kappa shape index (κ1) is 21.2. The van der Waals surface area contributed by atoms with Crippen LogP contribution in [0.3, 0.4) is 0 Å². The van der Waals surface area contributed by atoms with Crippen LogP contribution in [0.25, 0.3) is 0 Å². The number of piperazine rings is 1. The average Bonchev–Trinajstić information content (AvgIpc) is 2.73. The zero-order valence-corrected chi connectivity index (χ0v) is 16.8. The molecule has 0 atom stereocenters. The predicted octanol–water partition coefficient (Wildman–Crippen LogP) is 2.85. The molecular weight excluding hydrogens is 396 g/mol. The van der Waals surface area contributed by atoms with Gasteiger partial charge >= 0.3 is 0 Å². The Kier molecular flexibility index (Phi) is 7.51. The summed E-state index contributed by atoms with van der Waals surface area (Å²) in [4.78, 5) is 15.4. The summed E-state index contributed by atoms with van der Waals surface area (Å²) in [7, 11) is 0. The van der Waals surface area contributed by atoms with Crippen LogP contribution in [0.5, 0.6) is 5.75 Å². The van der Waals surface area contributed by atoms with E-state index in [1.54, 1.807) is 30.3 Å². The van der Waals surface area contributed by atoms with E-state index in [0.717, 1.165) is 31.9 Å². The topological polar surface area (TPSA) is 91.1 Å². The van der Waals surface area contributed by atoms with Gasteiger partial charge in [0.2, 0.25) is 0 Å². The van der Waals surface area contributed by atoms with Crippen molar-refractivity contribution in [1.82, 2.24) is 4.90 Å². The fourth-order valence-corrected chi connectivity index (χ4v) is 3.40. The Bertz CT molecular complexity index is 811. The van der Waals surface area contributed by atoms with Gasteiger partial charge in [0.25, 0.3) is 5.69 Å². The van der Waals surface area contributed by atoms with Crippen LogP contribution < -0.4 is 15.0 Å². The quantitative estimate of drug-likeness (QED) is 0.366. The molecule has 1 heterocycles. The number of ether oxygens (including phenoxy) is 1. The molecule has 3 rings (SSSR count). The van der Waals surface area contributed by atoms with E-state index in [2.05, 4.69) is 15.1 Å². The zero-order valence-electron chi connectivity index (χ0n) is 16.1. The maximum Gasteiger partial charge on any atom is 0.292 e. The third-order valence-electron chi connectivity index (χ3n) is 4.83. The smallest absolute Gasteiger partial charge is 0.292 e. The van der Waals surface area contributed by atoms with Gasteiger partial charge in [0.05, 0.1) is 11.5 Å². The Morgan fingerprint density at radius 2 is 1.86 bits per heavy atom. The van der Waals surface area contributed by atoms with Crippen LogP contribution in [0.4, 0.5) is 17.1 Å². The number of β-amino-alcohol motifs (C(OH)–C–C–N with tert-alkyl or cyclic N) is 1. The molecule has 0 aromatic heterocycles. The van der Waals surface area contributed by atoms with Crippen molar-refractivity contribution in [1.29, 1.82) is 0 Å². The summed E-state index contributed by atoms with van der Waals surface area (Å²) >= 11 is 5.85. The van der Waals surface area contributed by atoms with Crippen LogP contribution in [0.15, 0.2) is 42.5 Å². The van der Waals surface area contributed by atoms with E-state index < -0.39 is 0 Å². The molecule has 2 aromatic rings. The number of benzene rings is 2. The number of anilines is 2. The molecular formula is C20H25ClN4O4. The Morgan fingerprint density at radius 3 is 2.52 bits per heavy atom. The van der Waals surface area contributed by atoms with Gasteiger partial charge in [0.15, 0.2) is 0 Å². The highest BCUT2D eigenvalue weighted by atomic mass is 35.5. The molecule has 1 fully saturated rings. The third kappa shape index (κ3) is 5.96. The molecule has 0 saturated carbocycles. The number of nitro groups is 1. The Labute approximate surface area is 174 Å². The SMILES string of the molecule is O=[N+]([O-])c1ccc(N2CCN(CCO)CC2)cc1NCCOc1ccc(Cl)cc1. The van der Waals surface area contributed by atoms with E-state index in [9.17, 15) is 10.1 Å². The average molecular weight is 421 g/mol. The molecule has 0 unspecified atom stereocenters. The first-order valence-corrected chi connectivity index (χ1v) is 9.93. The standard InChI is InChI=1S/C20H25ClN4O4/c21-16-1-4-18(5-2-16)29-14-7-22-19-15-17(3-6-20(19)25(27)28)24-10-8-23(9-11-24)12-13-26/h1-6,15,22,26H,7-14H2. The number of nitrogens with one attached hydrogen (secondary N) is 1. The van der Waals surface area contributed by atoms with Crippen LogP contribution in [-0.2, 0) is 0 Å². The second-order valence-electron chi connectivity index (χ2n) is 6.74.